The quantitative estimate of drug-likeness (QED) is 0.824. The van der Waals surface area contributed by atoms with Crippen molar-refractivity contribution in [2.75, 3.05) is 24.6 Å². The molecule has 1 N–H and O–H groups in total. The molecule has 1 saturated heterocycles. The Morgan fingerprint density at radius 1 is 1.23 bits per heavy atom. The molecule has 1 aromatic heterocycles. The maximum atomic E-state index is 12.9. The van der Waals surface area contributed by atoms with Gasteiger partial charge in [-0.3, -0.25) is 4.79 Å². The van der Waals surface area contributed by atoms with Crippen LogP contribution in [0.25, 0.3) is 0 Å². The summed E-state index contributed by atoms with van der Waals surface area (Å²) in [4.78, 5) is 23.1. The van der Waals surface area contributed by atoms with Gasteiger partial charge in [0.05, 0.1) is 0 Å². The molecule has 0 atom stereocenters. The molecule has 0 saturated carbocycles. The minimum absolute atomic E-state index is 0.124. The molecule has 0 radical (unpaired) electrons. The number of aromatic nitrogens is 2. The van der Waals surface area contributed by atoms with Crippen LogP contribution in [0.4, 0.5) is 10.3 Å². The van der Waals surface area contributed by atoms with Crippen LogP contribution in [0.1, 0.15) is 31.0 Å². The van der Waals surface area contributed by atoms with Gasteiger partial charge in [0.15, 0.2) is 6.61 Å². The Hall–Kier alpha value is -2.70. The van der Waals surface area contributed by atoms with Gasteiger partial charge in [0.25, 0.3) is 5.91 Å². The molecule has 26 heavy (non-hydrogen) atoms. The summed E-state index contributed by atoms with van der Waals surface area (Å²) in [6.07, 6.45) is 3.06. The topological polar surface area (TPSA) is 67.3 Å². The highest BCUT2D eigenvalue weighted by atomic mass is 19.1. The van der Waals surface area contributed by atoms with Gasteiger partial charge in [-0.25, -0.2) is 9.37 Å². The van der Waals surface area contributed by atoms with Crippen molar-refractivity contribution in [1.29, 1.82) is 0 Å². The molecule has 2 aromatic rings. The van der Waals surface area contributed by atoms with Crippen molar-refractivity contribution >= 4 is 11.9 Å². The number of nitrogens with one attached hydrogen (secondary N) is 1. The van der Waals surface area contributed by atoms with Gasteiger partial charge in [0, 0.05) is 31.4 Å². The van der Waals surface area contributed by atoms with Crippen molar-refractivity contribution in [2.24, 2.45) is 0 Å². The largest absolute Gasteiger partial charge is 0.467 e. The zero-order valence-electron chi connectivity index (χ0n) is 14.9. The van der Waals surface area contributed by atoms with Crippen LogP contribution in [0.2, 0.25) is 0 Å². The SMILES string of the molecule is CCc1cc(OCC(=O)NCc2ccc(F)cc2)nc(N2CCCC2)n1. The first kappa shape index (κ1) is 18.1. The maximum Gasteiger partial charge on any atom is 0.258 e. The average molecular weight is 358 g/mol. The van der Waals surface area contributed by atoms with Gasteiger partial charge in [0.2, 0.25) is 11.8 Å². The van der Waals surface area contributed by atoms with Gasteiger partial charge in [-0.05, 0) is 37.0 Å². The van der Waals surface area contributed by atoms with Gasteiger partial charge in [0.1, 0.15) is 5.82 Å². The molecule has 0 unspecified atom stereocenters. The molecule has 0 aliphatic carbocycles. The number of carbonyl (C=O) groups is 1. The summed E-state index contributed by atoms with van der Waals surface area (Å²) in [6, 6.07) is 7.77. The van der Waals surface area contributed by atoms with Gasteiger partial charge in [-0.2, -0.15) is 4.98 Å². The fourth-order valence-corrected chi connectivity index (χ4v) is 2.77. The van der Waals surface area contributed by atoms with Gasteiger partial charge in [-0.15, -0.1) is 0 Å². The van der Waals surface area contributed by atoms with Crippen molar-refractivity contribution in [3.63, 3.8) is 0 Å². The first-order valence-electron chi connectivity index (χ1n) is 8.91. The average Bonchev–Trinajstić information content (AvgIpc) is 3.20. The Balaban J connectivity index is 1.55. The molecule has 1 aromatic carbocycles. The van der Waals surface area contributed by atoms with Crippen LogP contribution in [0, 0.1) is 5.82 Å². The number of hydrogen-bond donors (Lipinski definition) is 1. The van der Waals surface area contributed by atoms with E-state index in [1.807, 2.05) is 6.92 Å². The lowest BCUT2D eigenvalue weighted by molar-refractivity contribution is -0.123. The second-order valence-corrected chi connectivity index (χ2v) is 6.24. The first-order chi connectivity index (χ1) is 12.6. The van der Waals surface area contributed by atoms with E-state index in [2.05, 4.69) is 20.2 Å². The lowest BCUT2D eigenvalue weighted by atomic mass is 10.2. The summed E-state index contributed by atoms with van der Waals surface area (Å²) in [5, 5.41) is 2.75. The molecule has 138 valence electrons. The highest BCUT2D eigenvalue weighted by Crippen LogP contribution is 2.20. The van der Waals surface area contributed by atoms with E-state index in [9.17, 15) is 9.18 Å². The summed E-state index contributed by atoms with van der Waals surface area (Å²) in [6.45, 7) is 4.12. The summed E-state index contributed by atoms with van der Waals surface area (Å²) in [7, 11) is 0. The van der Waals surface area contributed by atoms with E-state index in [1.54, 1.807) is 18.2 Å². The van der Waals surface area contributed by atoms with Gasteiger partial charge in [-0.1, -0.05) is 19.1 Å². The van der Waals surface area contributed by atoms with Crippen molar-refractivity contribution in [3.05, 3.63) is 47.4 Å². The molecule has 1 amide bonds. The third-order valence-corrected chi connectivity index (χ3v) is 4.25. The van der Waals surface area contributed by atoms with Gasteiger partial charge < -0.3 is 15.0 Å². The van der Waals surface area contributed by atoms with E-state index in [0.29, 0.717) is 18.4 Å². The zero-order chi connectivity index (χ0) is 18.4. The smallest absolute Gasteiger partial charge is 0.258 e. The maximum absolute atomic E-state index is 12.9. The van der Waals surface area contributed by atoms with Crippen molar-refractivity contribution in [2.45, 2.75) is 32.7 Å². The summed E-state index contributed by atoms with van der Waals surface area (Å²) in [5.74, 6) is 0.528. The predicted octanol–water partition coefficient (Wildman–Crippen LogP) is 2.47. The molecule has 7 heteroatoms. The first-order valence-corrected chi connectivity index (χ1v) is 8.91. The zero-order valence-corrected chi connectivity index (χ0v) is 14.9. The van der Waals surface area contributed by atoms with Crippen LogP contribution >= 0.6 is 0 Å². The van der Waals surface area contributed by atoms with Crippen molar-refractivity contribution < 1.29 is 13.9 Å². The highest BCUT2D eigenvalue weighted by Gasteiger charge is 2.17. The van der Waals surface area contributed by atoms with Crippen molar-refractivity contribution in [3.8, 4) is 5.88 Å². The lowest BCUT2D eigenvalue weighted by Gasteiger charge is -2.17. The summed E-state index contributed by atoms with van der Waals surface area (Å²) < 4.78 is 18.4. The Bertz CT molecular complexity index is 746. The monoisotopic (exact) mass is 358 g/mol. The van der Waals surface area contributed by atoms with Crippen LogP contribution in [-0.4, -0.2) is 35.6 Å². The molecule has 1 aliphatic rings. The molecule has 0 spiro atoms. The van der Waals surface area contributed by atoms with E-state index in [4.69, 9.17) is 4.74 Å². The third-order valence-electron chi connectivity index (χ3n) is 4.25. The number of hydrogen-bond acceptors (Lipinski definition) is 5. The molecule has 2 heterocycles. The molecule has 0 bridgehead atoms. The molecule has 6 nitrogen and oxygen atoms in total. The van der Waals surface area contributed by atoms with Crippen LogP contribution in [0.5, 0.6) is 5.88 Å². The second kappa shape index (κ2) is 8.60. The number of benzene rings is 1. The summed E-state index contributed by atoms with van der Waals surface area (Å²) >= 11 is 0. The molecular formula is C19H23FN4O2. The Labute approximate surface area is 152 Å². The Morgan fingerprint density at radius 2 is 1.96 bits per heavy atom. The third kappa shape index (κ3) is 4.91. The predicted molar refractivity (Wildman–Crippen MR) is 96.6 cm³/mol. The summed E-state index contributed by atoms with van der Waals surface area (Å²) in [5.41, 5.74) is 1.72. The van der Waals surface area contributed by atoms with Crippen LogP contribution in [0.3, 0.4) is 0 Å². The minimum Gasteiger partial charge on any atom is -0.467 e. The van der Waals surface area contributed by atoms with Crippen LogP contribution < -0.4 is 15.0 Å². The molecular weight excluding hydrogens is 335 g/mol. The fraction of sp³-hybridized carbons (Fsp3) is 0.421. The van der Waals surface area contributed by atoms with Crippen LogP contribution in [-0.2, 0) is 17.8 Å². The van der Waals surface area contributed by atoms with E-state index in [0.717, 1.165) is 43.6 Å². The normalized spacial score (nSPS) is 13.7. The molecule has 3 rings (SSSR count). The Morgan fingerprint density at radius 3 is 2.65 bits per heavy atom. The molecule has 1 aliphatic heterocycles. The number of aryl methyl sites for hydroxylation is 1. The van der Waals surface area contributed by atoms with E-state index in [-0.39, 0.29) is 18.3 Å². The standard InChI is InChI=1S/C19H23FN4O2/c1-2-16-11-18(23-19(22-16)24-9-3-4-10-24)26-13-17(25)21-12-14-5-7-15(20)8-6-14/h5-8,11H,2-4,9-10,12-13H2,1H3,(H,21,25). The van der Waals surface area contributed by atoms with Crippen molar-refractivity contribution in [1.82, 2.24) is 15.3 Å². The number of anilines is 1. The van der Waals surface area contributed by atoms with E-state index < -0.39 is 0 Å². The minimum atomic E-state index is -0.298. The number of nitrogens with zero attached hydrogens (tertiary/aromatic N) is 3. The number of carbonyl (C=O) groups excluding carboxylic acids is 1. The highest BCUT2D eigenvalue weighted by molar-refractivity contribution is 5.77. The Kier molecular flexibility index (Phi) is 5.99. The number of ether oxygens (including phenoxy) is 1. The molecule has 1 fully saturated rings. The van der Waals surface area contributed by atoms with E-state index in [1.165, 1.54) is 12.1 Å². The number of rotatable bonds is 7. The van der Waals surface area contributed by atoms with Crippen LogP contribution in [0.15, 0.2) is 30.3 Å². The second-order valence-electron chi connectivity index (χ2n) is 6.24. The van der Waals surface area contributed by atoms with Gasteiger partial charge >= 0.3 is 0 Å². The number of halogens is 1. The van der Waals surface area contributed by atoms with E-state index >= 15 is 0 Å². The lowest BCUT2D eigenvalue weighted by Crippen LogP contribution is -2.28. The fourth-order valence-electron chi connectivity index (χ4n) is 2.77. The number of amides is 1.